The summed E-state index contributed by atoms with van der Waals surface area (Å²) in [5, 5.41) is 7.73. The Balaban J connectivity index is 2.11. The van der Waals surface area contributed by atoms with Gasteiger partial charge in [-0.2, -0.15) is 5.10 Å². The molecule has 0 bridgehead atoms. The standard InChI is InChI=1S/C16H24N4O/c1-5-17-10-15-16(8-7-12(3)18-15)21-11-14-9-13(4)19-20(14)6-2/h7-9,17H,5-6,10-11H2,1-4H3. The second-order valence-corrected chi connectivity index (χ2v) is 5.06. The van der Waals surface area contributed by atoms with Crippen molar-refractivity contribution in [1.82, 2.24) is 20.1 Å². The minimum atomic E-state index is 0.512. The summed E-state index contributed by atoms with van der Waals surface area (Å²) in [5.41, 5.74) is 4.07. The first kappa shape index (κ1) is 15.5. The summed E-state index contributed by atoms with van der Waals surface area (Å²) in [6.45, 7) is 11.2. The molecule has 2 heterocycles. The average Bonchev–Trinajstić information content (AvgIpc) is 2.84. The van der Waals surface area contributed by atoms with E-state index in [9.17, 15) is 0 Å². The molecule has 0 saturated carbocycles. The van der Waals surface area contributed by atoms with Gasteiger partial charge in [-0.15, -0.1) is 0 Å². The van der Waals surface area contributed by atoms with Gasteiger partial charge in [0.2, 0.25) is 0 Å². The van der Waals surface area contributed by atoms with Crippen molar-refractivity contribution < 1.29 is 4.74 Å². The van der Waals surface area contributed by atoms with Crippen LogP contribution in [-0.2, 0) is 19.7 Å². The molecule has 1 N–H and O–H groups in total. The molecule has 0 atom stereocenters. The molecule has 5 heteroatoms. The first-order chi connectivity index (χ1) is 10.1. The van der Waals surface area contributed by atoms with Gasteiger partial charge in [-0.25, -0.2) is 0 Å². The summed E-state index contributed by atoms with van der Waals surface area (Å²) in [6.07, 6.45) is 0. The molecular weight excluding hydrogens is 264 g/mol. The monoisotopic (exact) mass is 288 g/mol. The smallest absolute Gasteiger partial charge is 0.142 e. The molecule has 0 saturated heterocycles. The Morgan fingerprint density at radius 2 is 2.00 bits per heavy atom. The number of pyridine rings is 1. The van der Waals surface area contributed by atoms with Crippen LogP contribution in [0, 0.1) is 13.8 Å². The van der Waals surface area contributed by atoms with Crippen LogP contribution in [0.5, 0.6) is 5.75 Å². The van der Waals surface area contributed by atoms with Gasteiger partial charge in [-0.05, 0) is 45.5 Å². The summed E-state index contributed by atoms with van der Waals surface area (Å²) in [7, 11) is 0. The molecule has 0 amide bonds. The highest BCUT2D eigenvalue weighted by molar-refractivity contribution is 5.29. The molecule has 0 aliphatic carbocycles. The number of hydrogen-bond acceptors (Lipinski definition) is 4. The maximum absolute atomic E-state index is 5.97. The molecule has 2 aromatic heterocycles. The predicted octanol–water partition coefficient (Wildman–Crippen LogP) is 2.60. The van der Waals surface area contributed by atoms with Crippen LogP contribution >= 0.6 is 0 Å². The van der Waals surface area contributed by atoms with E-state index in [0.717, 1.165) is 48.2 Å². The molecule has 0 fully saturated rings. The van der Waals surface area contributed by atoms with Crippen molar-refractivity contribution in [2.24, 2.45) is 0 Å². The van der Waals surface area contributed by atoms with Crippen LogP contribution in [0.25, 0.3) is 0 Å². The van der Waals surface area contributed by atoms with Crippen LogP contribution in [0.1, 0.15) is 36.6 Å². The van der Waals surface area contributed by atoms with Crippen LogP contribution in [0.2, 0.25) is 0 Å². The third kappa shape index (κ3) is 4.04. The zero-order chi connectivity index (χ0) is 15.2. The number of nitrogens with one attached hydrogen (secondary N) is 1. The Kier molecular flexibility index (Phi) is 5.33. The van der Waals surface area contributed by atoms with E-state index in [-0.39, 0.29) is 0 Å². The number of nitrogens with zero attached hydrogens (tertiary/aromatic N) is 3. The van der Waals surface area contributed by atoms with E-state index in [0.29, 0.717) is 6.61 Å². The van der Waals surface area contributed by atoms with Gasteiger partial charge in [0.15, 0.2) is 0 Å². The molecule has 0 aliphatic heterocycles. The fourth-order valence-corrected chi connectivity index (χ4v) is 2.24. The molecule has 2 rings (SSSR count). The summed E-state index contributed by atoms with van der Waals surface area (Å²) in [4.78, 5) is 4.56. The fourth-order valence-electron chi connectivity index (χ4n) is 2.24. The largest absolute Gasteiger partial charge is 0.485 e. The van der Waals surface area contributed by atoms with Crippen LogP contribution < -0.4 is 10.1 Å². The third-order valence-corrected chi connectivity index (χ3v) is 3.27. The lowest BCUT2D eigenvalue weighted by atomic mass is 10.2. The molecule has 5 nitrogen and oxygen atoms in total. The van der Waals surface area contributed by atoms with Gasteiger partial charge in [0.05, 0.1) is 17.1 Å². The molecular formula is C16H24N4O. The van der Waals surface area contributed by atoms with Crippen LogP contribution in [0.15, 0.2) is 18.2 Å². The van der Waals surface area contributed by atoms with Gasteiger partial charge in [0.1, 0.15) is 12.4 Å². The van der Waals surface area contributed by atoms with Crippen molar-refractivity contribution in [2.75, 3.05) is 6.54 Å². The third-order valence-electron chi connectivity index (χ3n) is 3.27. The Bertz CT molecular complexity index is 592. The predicted molar refractivity (Wildman–Crippen MR) is 83.3 cm³/mol. The van der Waals surface area contributed by atoms with Crippen molar-refractivity contribution in [2.45, 2.75) is 47.4 Å². The van der Waals surface area contributed by atoms with Gasteiger partial charge in [-0.3, -0.25) is 9.67 Å². The lowest BCUT2D eigenvalue weighted by molar-refractivity contribution is 0.287. The number of hydrogen-bond donors (Lipinski definition) is 1. The van der Waals surface area contributed by atoms with E-state index in [1.54, 1.807) is 0 Å². The van der Waals surface area contributed by atoms with Crippen LogP contribution in [-0.4, -0.2) is 21.3 Å². The molecule has 0 radical (unpaired) electrons. The average molecular weight is 288 g/mol. The van der Waals surface area contributed by atoms with E-state index in [1.165, 1.54) is 0 Å². The molecule has 0 unspecified atom stereocenters. The number of aromatic nitrogens is 3. The SMILES string of the molecule is CCNCc1nc(C)ccc1OCc1cc(C)nn1CC. The van der Waals surface area contributed by atoms with Gasteiger partial charge in [0, 0.05) is 18.8 Å². The lowest BCUT2D eigenvalue weighted by Gasteiger charge is -2.12. The molecule has 2 aromatic rings. The van der Waals surface area contributed by atoms with E-state index in [2.05, 4.69) is 35.3 Å². The second-order valence-electron chi connectivity index (χ2n) is 5.06. The zero-order valence-electron chi connectivity index (χ0n) is 13.3. The lowest BCUT2D eigenvalue weighted by Crippen LogP contribution is -2.15. The maximum atomic E-state index is 5.97. The first-order valence-corrected chi connectivity index (χ1v) is 7.47. The van der Waals surface area contributed by atoms with Gasteiger partial charge in [-0.1, -0.05) is 6.92 Å². The van der Waals surface area contributed by atoms with Crippen molar-refractivity contribution in [3.63, 3.8) is 0 Å². The minimum Gasteiger partial charge on any atom is -0.485 e. The van der Waals surface area contributed by atoms with E-state index in [1.807, 2.05) is 30.7 Å². The van der Waals surface area contributed by atoms with Crippen LogP contribution in [0.3, 0.4) is 0 Å². The summed E-state index contributed by atoms with van der Waals surface area (Å²) in [5.74, 6) is 0.836. The second kappa shape index (κ2) is 7.22. The number of rotatable bonds is 7. The first-order valence-electron chi connectivity index (χ1n) is 7.47. The topological polar surface area (TPSA) is 52.0 Å². The quantitative estimate of drug-likeness (QED) is 0.851. The van der Waals surface area contributed by atoms with E-state index in [4.69, 9.17) is 4.74 Å². The molecule has 0 spiro atoms. The van der Waals surface area contributed by atoms with Crippen molar-refractivity contribution in [3.8, 4) is 5.75 Å². The van der Waals surface area contributed by atoms with Crippen molar-refractivity contribution >= 4 is 0 Å². The van der Waals surface area contributed by atoms with E-state index < -0.39 is 0 Å². The van der Waals surface area contributed by atoms with Gasteiger partial charge < -0.3 is 10.1 Å². The molecule has 21 heavy (non-hydrogen) atoms. The summed E-state index contributed by atoms with van der Waals surface area (Å²) >= 11 is 0. The zero-order valence-corrected chi connectivity index (χ0v) is 13.3. The van der Waals surface area contributed by atoms with E-state index >= 15 is 0 Å². The van der Waals surface area contributed by atoms with Crippen molar-refractivity contribution in [3.05, 3.63) is 41.0 Å². The molecule has 0 aromatic carbocycles. The molecule has 114 valence electrons. The Morgan fingerprint density at radius 3 is 2.71 bits per heavy atom. The van der Waals surface area contributed by atoms with Crippen LogP contribution in [0.4, 0.5) is 0 Å². The normalized spacial score (nSPS) is 10.9. The number of ether oxygens (including phenoxy) is 1. The maximum Gasteiger partial charge on any atom is 0.142 e. The Hall–Kier alpha value is -1.88. The highest BCUT2D eigenvalue weighted by Crippen LogP contribution is 2.18. The molecule has 0 aliphatic rings. The van der Waals surface area contributed by atoms with Crippen molar-refractivity contribution in [1.29, 1.82) is 0 Å². The minimum absolute atomic E-state index is 0.512. The highest BCUT2D eigenvalue weighted by Gasteiger charge is 2.09. The summed E-state index contributed by atoms with van der Waals surface area (Å²) in [6, 6.07) is 6.04. The fraction of sp³-hybridized carbons (Fsp3) is 0.500. The Morgan fingerprint density at radius 1 is 1.19 bits per heavy atom. The van der Waals surface area contributed by atoms with Gasteiger partial charge in [0.25, 0.3) is 0 Å². The number of aryl methyl sites for hydroxylation is 3. The summed E-state index contributed by atoms with van der Waals surface area (Å²) < 4.78 is 7.94. The Labute approximate surface area is 126 Å². The van der Waals surface area contributed by atoms with Gasteiger partial charge >= 0.3 is 0 Å². The highest BCUT2D eigenvalue weighted by atomic mass is 16.5.